The summed E-state index contributed by atoms with van der Waals surface area (Å²) < 4.78 is 22.5. The zero-order valence-corrected chi connectivity index (χ0v) is 8.92. The SMILES string of the molecule is NS(=O)(=O)c1ccccc1NC1=CCC1. The lowest BCUT2D eigenvalue weighted by molar-refractivity contribution is 0.598. The van der Waals surface area contributed by atoms with Gasteiger partial charge in [-0.2, -0.15) is 0 Å². The van der Waals surface area contributed by atoms with Gasteiger partial charge in [0.05, 0.1) is 5.69 Å². The zero-order valence-electron chi connectivity index (χ0n) is 8.10. The summed E-state index contributed by atoms with van der Waals surface area (Å²) in [5.74, 6) is 0. The zero-order chi connectivity index (χ0) is 10.9. The first-order chi connectivity index (χ1) is 7.07. The van der Waals surface area contributed by atoms with Gasteiger partial charge in [-0.15, -0.1) is 0 Å². The first-order valence-electron chi connectivity index (χ1n) is 4.65. The van der Waals surface area contributed by atoms with E-state index in [0.29, 0.717) is 5.69 Å². The van der Waals surface area contributed by atoms with E-state index in [1.807, 2.05) is 6.08 Å². The standard InChI is InChI=1S/C10H12N2O2S/c11-15(13,14)10-7-2-1-6-9(10)12-8-4-3-5-8/h1-2,4,6-7,12H,3,5H2,(H2,11,13,14). The van der Waals surface area contributed by atoms with Gasteiger partial charge in [-0.3, -0.25) is 0 Å². The van der Waals surface area contributed by atoms with Crippen LogP contribution in [-0.4, -0.2) is 8.42 Å². The first-order valence-corrected chi connectivity index (χ1v) is 6.20. The summed E-state index contributed by atoms with van der Waals surface area (Å²) in [5.41, 5.74) is 1.59. The third-order valence-corrected chi connectivity index (χ3v) is 3.26. The number of hydrogen-bond donors (Lipinski definition) is 2. The van der Waals surface area contributed by atoms with Crippen LogP contribution in [-0.2, 0) is 10.0 Å². The average molecular weight is 224 g/mol. The van der Waals surface area contributed by atoms with E-state index in [9.17, 15) is 8.42 Å². The Morgan fingerprint density at radius 2 is 1.93 bits per heavy atom. The number of anilines is 1. The van der Waals surface area contributed by atoms with Gasteiger partial charge in [-0.1, -0.05) is 18.2 Å². The molecule has 0 unspecified atom stereocenters. The molecule has 4 nitrogen and oxygen atoms in total. The van der Waals surface area contributed by atoms with Gasteiger partial charge >= 0.3 is 0 Å². The minimum absolute atomic E-state index is 0.137. The molecule has 1 aliphatic rings. The molecule has 3 N–H and O–H groups in total. The second-order valence-electron chi connectivity index (χ2n) is 3.43. The lowest BCUT2D eigenvalue weighted by atomic mass is 10.1. The van der Waals surface area contributed by atoms with Crippen molar-refractivity contribution >= 4 is 15.7 Å². The van der Waals surface area contributed by atoms with Crippen LogP contribution in [0.1, 0.15) is 12.8 Å². The van der Waals surface area contributed by atoms with Gasteiger partial charge in [0.1, 0.15) is 4.90 Å². The largest absolute Gasteiger partial charge is 0.358 e. The van der Waals surface area contributed by atoms with Crippen molar-refractivity contribution in [3.8, 4) is 0 Å². The van der Waals surface area contributed by atoms with Crippen LogP contribution in [0.4, 0.5) is 5.69 Å². The van der Waals surface area contributed by atoms with Crippen molar-refractivity contribution in [1.82, 2.24) is 0 Å². The lowest BCUT2D eigenvalue weighted by Gasteiger charge is -2.18. The molecule has 0 amide bonds. The molecule has 1 aromatic carbocycles. The molecule has 0 bridgehead atoms. The maximum Gasteiger partial charge on any atom is 0.240 e. The van der Waals surface area contributed by atoms with Crippen molar-refractivity contribution in [1.29, 1.82) is 0 Å². The molecule has 2 rings (SSSR count). The van der Waals surface area contributed by atoms with E-state index < -0.39 is 10.0 Å². The highest BCUT2D eigenvalue weighted by atomic mass is 32.2. The smallest absolute Gasteiger partial charge is 0.240 e. The Bertz CT molecular complexity index is 506. The maximum atomic E-state index is 11.3. The molecule has 0 spiro atoms. The van der Waals surface area contributed by atoms with Crippen LogP contribution in [0.5, 0.6) is 0 Å². The normalized spacial score (nSPS) is 15.4. The molecular weight excluding hydrogens is 212 g/mol. The van der Waals surface area contributed by atoms with Crippen LogP contribution in [0, 0.1) is 0 Å². The number of nitrogens with one attached hydrogen (secondary N) is 1. The Labute approximate surface area is 88.8 Å². The number of sulfonamides is 1. The van der Waals surface area contributed by atoms with Crippen molar-refractivity contribution in [2.45, 2.75) is 17.7 Å². The van der Waals surface area contributed by atoms with Crippen LogP contribution in [0.2, 0.25) is 0 Å². The van der Waals surface area contributed by atoms with E-state index >= 15 is 0 Å². The van der Waals surface area contributed by atoms with Crippen LogP contribution in [0.25, 0.3) is 0 Å². The molecule has 1 aromatic rings. The molecule has 0 aliphatic heterocycles. The van der Waals surface area contributed by atoms with Gasteiger partial charge in [0, 0.05) is 5.70 Å². The number of para-hydroxylation sites is 1. The van der Waals surface area contributed by atoms with Crippen molar-refractivity contribution < 1.29 is 8.42 Å². The highest BCUT2D eigenvalue weighted by Gasteiger charge is 2.14. The number of benzene rings is 1. The number of rotatable bonds is 3. The Balaban J connectivity index is 2.37. The summed E-state index contributed by atoms with van der Waals surface area (Å²) >= 11 is 0. The molecule has 5 heteroatoms. The van der Waals surface area contributed by atoms with E-state index in [0.717, 1.165) is 18.5 Å². The summed E-state index contributed by atoms with van der Waals surface area (Å²) in [7, 11) is -3.65. The predicted molar refractivity (Wildman–Crippen MR) is 58.8 cm³/mol. The predicted octanol–water partition coefficient (Wildman–Crippen LogP) is 1.42. The molecule has 0 saturated carbocycles. The summed E-state index contributed by atoms with van der Waals surface area (Å²) in [5, 5.41) is 8.16. The summed E-state index contributed by atoms with van der Waals surface area (Å²) in [6.45, 7) is 0. The molecule has 15 heavy (non-hydrogen) atoms. The second kappa shape index (κ2) is 3.67. The van der Waals surface area contributed by atoms with E-state index in [-0.39, 0.29) is 4.90 Å². The van der Waals surface area contributed by atoms with Crippen molar-refractivity contribution in [2.24, 2.45) is 5.14 Å². The number of nitrogens with two attached hydrogens (primary N) is 1. The van der Waals surface area contributed by atoms with E-state index in [2.05, 4.69) is 5.32 Å². The van der Waals surface area contributed by atoms with Gasteiger partial charge in [0.2, 0.25) is 10.0 Å². The van der Waals surface area contributed by atoms with E-state index in [4.69, 9.17) is 5.14 Å². The fraction of sp³-hybridized carbons (Fsp3) is 0.200. The van der Waals surface area contributed by atoms with Gasteiger partial charge < -0.3 is 5.32 Å². The van der Waals surface area contributed by atoms with E-state index in [1.54, 1.807) is 18.2 Å². The Kier molecular flexibility index (Phi) is 2.50. The number of primary sulfonamides is 1. The van der Waals surface area contributed by atoms with Crippen molar-refractivity contribution in [2.75, 3.05) is 5.32 Å². The minimum Gasteiger partial charge on any atom is -0.358 e. The lowest BCUT2D eigenvalue weighted by Crippen LogP contribution is -2.15. The molecular formula is C10H12N2O2S. The molecule has 0 fully saturated rings. The highest BCUT2D eigenvalue weighted by molar-refractivity contribution is 7.89. The van der Waals surface area contributed by atoms with Gasteiger partial charge in [0.15, 0.2) is 0 Å². The summed E-state index contributed by atoms with van der Waals surface area (Å²) in [6.07, 6.45) is 4.03. The molecule has 0 atom stereocenters. The van der Waals surface area contributed by atoms with E-state index in [1.165, 1.54) is 6.07 Å². The fourth-order valence-corrected chi connectivity index (χ4v) is 2.09. The molecule has 0 heterocycles. The highest BCUT2D eigenvalue weighted by Crippen LogP contribution is 2.25. The quantitative estimate of drug-likeness (QED) is 0.815. The monoisotopic (exact) mass is 224 g/mol. The third-order valence-electron chi connectivity index (χ3n) is 2.29. The van der Waals surface area contributed by atoms with Crippen molar-refractivity contribution in [3.05, 3.63) is 36.0 Å². The number of allylic oxidation sites excluding steroid dienone is 2. The van der Waals surface area contributed by atoms with Crippen molar-refractivity contribution in [3.63, 3.8) is 0 Å². The first kappa shape index (κ1) is 10.2. The molecule has 1 aliphatic carbocycles. The second-order valence-corrected chi connectivity index (χ2v) is 4.96. The van der Waals surface area contributed by atoms with Crippen LogP contribution < -0.4 is 10.5 Å². The maximum absolute atomic E-state index is 11.3. The molecule has 0 radical (unpaired) electrons. The third kappa shape index (κ3) is 2.19. The molecule has 80 valence electrons. The topological polar surface area (TPSA) is 72.2 Å². The summed E-state index contributed by atoms with van der Waals surface area (Å²) in [4.78, 5) is 0.137. The minimum atomic E-state index is -3.65. The Morgan fingerprint density at radius 3 is 2.47 bits per heavy atom. The Morgan fingerprint density at radius 1 is 1.27 bits per heavy atom. The van der Waals surface area contributed by atoms with Gasteiger partial charge in [-0.25, -0.2) is 13.6 Å². The van der Waals surface area contributed by atoms with Gasteiger partial charge in [0.25, 0.3) is 0 Å². The molecule has 0 saturated heterocycles. The van der Waals surface area contributed by atoms with Crippen LogP contribution >= 0.6 is 0 Å². The summed E-state index contributed by atoms with van der Waals surface area (Å²) in [6, 6.07) is 6.63. The van der Waals surface area contributed by atoms with Crippen LogP contribution in [0.15, 0.2) is 40.9 Å². The fourth-order valence-electron chi connectivity index (χ4n) is 1.39. The average Bonchev–Trinajstić information content (AvgIpc) is 2.10. The Hall–Kier alpha value is -1.33. The number of hydrogen-bond acceptors (Lipinski definition) is 3. The molecule has 0 aromatic heterocycles. The van der Waals surface area contributed by atoms with Crippen LogP contribution in [0.3, 0.4) is 0 Å². The van der Waals surface area contributed by atoms with Gasteiger partial charge in [-0.05, 0) is 25.0 Å².